The molecule has 0 radical (unpaired) electrons. The Kier molecular flexibility index (Phi) is 5.92. The summed E-state index contributed by atoms with van der Waals surface area (Å²) < 4.78 is 0. The predicted molar refractivity (Wildman–Crippen MR) is 129 cm³/mol. The number of nitrogens with zero attached hydrogens (tertiary/aromatic N) is 1. The Morgan fingerprint density at radius 1 is 0.517 bits per heavy atom. The van der Waals surface area contributed by atoms with Gasteiger partial charge in [0, 0.05) is 16.7 Å². The Morgan fingerprint density at radius 3 is 1.24 bits per heavy atom. The minimum atomic E-state index is -2.29. The number of hydrogen-bond donors (Lipinski definition) is 0. The van der Waals surface area contributed by atoms with Crippen molar-refractivity contribution in [2.24, 2.45) is 0 Å². The van der Waals surface area contributed by atoms with E-state index >= 15 is 0 Å². The van der Waals surface area contributed by atoms with Gasteiger partial charge in [-0.15, -0.1) is 0 Å². The van der Waals surface area contributed by atoms with E-state index in [0.29, 0.717) is 0 Å². The Hall–Kier alpha value is -3.11. The molecule has 0 aromatic heterocycles. The van der Waals surface area contributed by atoms with Crippen molar-refractivity contribution in [3.8, 4) is 11.7 Å². The fourth-order valence-electron chi connectivity index (χ4n) is 3.11. The zero-order valence-corrected chi connectivity index (χ0v) is 17.6. The van der Waals surface area contributed by atoms with Crippen LogP contribution in [0.25, 0.3) is 0 Å². The van der Waals surface area contributed by atoms with Gasteiger partial charge in [-0.25, -0.2) is 0 Å². The molecule has 0 heterocycles. The molecule has 0 saturated carbocycles. The number of benzene rings is 4. The molecule has 4 aromatic rings. The summed E-state index contributed by atoms with van der Waals surface area (Å²) in [6, 6.07) is 42.1. The number of rotatable bonds is 4. The highest BCUT2D eigenvalue weighted by atomic mass is 32.4. The number of para-hydroxylation sites is 2. The Morgan fingerprint density at radius 2 is 0.862 bits per heavy atom. The molecular weight excluding hydrogens is 389 g/mol. The van der Waals surface area contributed by atoms with Gasteiger partial charge in [0.2, 0.25) is 0 Å². The number of anilines is 2. The Balaban J connectivity index is 1.86. The third-order valence-corrected chi connectivity index (χ3v) is 8.59. The SMILES string of the molecule is S=P(C#CN(c1ccccc1)c1ccccc1)(c1ccccc1)c1ccccc1. The lowest BCUT2D eigenvalue weighted by atomic mass is 10.2. The van der Waals surface area contributed by atoms with Crippen molar-refractivity contribution in [3.05, 3.63) is 121 Å². The van der Waals surface area contributed by atoms with E-state index in [1.54, 1.807) is 0 Å². The Labute approximate surface area is 177 Å². The molecule has 4 rings (SSSR count). The van der Waals surface area contributed by atoms with Gasteiger partial charge in [-0.2, -0.15) is 0 Å². The van der Waals surface area contributed by atoms with Crippen LogP contribution in [0.4, 0.5) is 11.4 Å². The third-order valence-electron chi connectivity index (χ3n) is 4.59. The van der Waals surface area contributed by atoms with Crippen molar-refractivity contribution in [1.29, 1.82) is 0 Å². The second-order valence-electron chi connectivity index (χ2n) is 6.51. The van der Waals surface area contributed by atoms with Crippen LogP contribution in [0, 0.1) is 11.7 Å². The molecule has 0 fully saturated rings. The van der Waals surface area contributed by atoms with Crippen LogP contribution in [-0.4, -0.2) is 0 Å². The normalized spacial score (nSPS) is 10.6. The maximum absolute atomic E-state index is 6.26. The highest BCUT2D eigenvalue weighted by Crippen LogP contribution is 2.42. The van der Waals surface area contributed by atoms with Crippen LogP contribution in [0.15, 0.2) is 121 Å². The standard InChI is InChI=1S/C26H20NPS/c29-28(25-17-9-3-10-18-25,26-19-11-4-12-20-26)22-21-27(23-13-5-1-6-14-23)24-15-7-2-8-16-24/h1-20H. The number of hydrogen-bond acceptors (Lipinski definition) is 2. The largest absolute Gasteiger partial charge is 0.270 e. The molecule has 0 atom stereocenters. The average Bonchev–Trinajstić information content (AvgIpc) is 2.81. The first-order chi connectivity index (χ1) is 14.3. The van der Waals surface area contributed by atoms with Crippen LogP contribution in [0.1, 0.15) is 0 Å². The fourth-order valence-corrected chi connectivity index (χ4v) is 5.94. The van der Waals surface area contributed by atoms with Crippen molar-refractivity contribution >= 4 is 39.8 Å². The van der Waals surface area contributed by atoms with E-state index in [4.69, 9.17) is 11.8 Å². The van der Waals surface area contributed by atoms with Crippen molar-refractivity contribution < 1.29 is 0 Å². The average molecular weight is 409 g/mol. The molecular formula is C26H20NPS. The summed E-state index contributed by atoms with van der Waals surface area (Å²) in [4.78, 5) is 2.02. The van der Waals surface area contributed by atoms with Gasteiger partial charge < -0.3 is 0 Å². The van der Waals surface area contributed by atoms with Gasteiger partial charge in [-0.3, -0.25) is 4.90 Å². The van der Waals surface area contributed by atoms with E-state index in [1.165, 1.54) is 0 Å². The van der Waals surface area contributed by atoms with E-state index < -0.39 is 6.04 Å². The zero-order valence-electron chi connectivity index (χ0n) is 15.8. The summed E-state index contributed by atoms with van der Waals surface area (Å²) in [5.74, 6) is 0. The predicted octanol–water partition coefficient (Wildman–Crippen LogP) is 5.87. The van der Waals surface area contributed by atoms with Gasteiger partial charge in [0.05, 0.1) is 17.4 Å². The second-order valence-corrected chi connectivity index (χ2v) is 10.6. The highest BCUT2D eigenvalue weighted by molar-refractivity contribution is 8.24. The summed E-state index contributed by atoms with van der Waals surface area (Å²) in [6.07, 6.45) is 0. The van der Waals surface area contributed by atoms with Gasteiger partial charge in [0.25, 0.3) is 0 Å². The fraction of sp³-hybridized carbons (Fsp3) is 0. The maximum Gasteiger partial charge on any atom is 0.0798 e. The van der Waals surface area contributed by atoms with E-state index in [2.05, 4.69) is 60.2 Å². The molecule has 0 saturated heterocycles. The van der Waals surface area contributed by atoms with Crippen molar-refractivity contribution in [1.82, 2.24) is 0 Å². The Bertz CT molecular complexity index is 1080. The lowest BCUT2D eigenvalue weighted by molar-refractivity contribution is 1.33. The van der Waals surface area contributed by atoms with Crippen molar-refractivity contribution in [2.45, 2.75) is 0 Å². The maximum atomic E-state index is 6.26. The van der Waals surface area contributed by atoms with Crippen LogP contribution in [0.5, 0.6) is 0 Å². The lowest BCUT2D eigenvalue weighted by Gasteiger charge is -2.20. The van der Waals surface area contributed by atoms with Gasteiger partial charge in [-0.05, 0) is 29.9 Å². The molecule has 0 unspecified atom stereocenters. The molecule has 0 N–H and O–H groups in total. The van der Waals surface area contributed by atoms with Gasteiger partial charge >= 0.3 is 0 Å². The van der Waals surface area contributed by atoms with Gasteiger partial charge in [-0.1, -0.05) is 109 Å². The minimum Gasteiger partial charge on any atom is -0.270 e. The molecule has 0 bridgehead atoms. The molecule has 0 amide bonds. The van der Waals surface area contributed by atoms with Gasteiger partial charge in [0.15, 0.2) is 0 Å². The minimum absolute atomic E-state index is 1.02. The summed E-state index contributed by atoms with van der Waals surface area (Å²) in [5, 5.41) is 2.21. The molecule has 0 aliphatic rings. The molecule has 0 aliphatic heterocycles. The van der Waals surface area contributed by atoms with Crippen LogP contribution >= 0.6 is 6.04 Å². The lowest BCUT2D eigenvalue weighted by Crippen LogP contribution is -2.15. The summed E-state index contributed by atoms with van der Waals surface area (Å²) in [6.45, 7) is 0. The molecule has 4 aromatic carbocycles. The summed E-state index contributed by atoms with van der Waals surface area (Å²) >= 11 is 6.26. The topological polar surface area (TPSA) is 3.24 Å². The smallest absolute Gasteiger partial charge is 0.0798 e. The third kappa shape index (κ3) is 4.33. The first-order valence-corrected chi connectivity index (χ1v) is 12.2. The summed E-state index contributed by atoms with van der Waals surface area (Å²) in [7, 11) is 0. The monoisotopic (exact) mass is 409 g/mol. The van der Waals surface area contributed by atoms with Crippen LogP contribution in [0.3, 0.4) is 0 Å². The molecule has 140 valence electrons. The second kappa shape index (κ2) is 8.93. The van der Waals surface area contributed by atoms with Crippen molar-refractivity contribution in [3.63, 3.8) is 0 Å². The molecule has 0 spiro atoms. The van der Waals surface area contributed by atoms with Crippen molar-refractivity contribution in [2.75, 3.05) is 4.90 Å². The first kappa shape index (κ1) is 19.2. The first-order valence-electron chi connectivity index (χ1n) is 9.42. The van der Waals surface area contributed by atoms with Crippen LogP contribution in [0.2, 0.25) is 0 Å². The highest BCUT2D eigenvalue weighted by Gasteiger charge is 2.20. The van der Waals surface area contributed by atoms with E-state index in [9.17, 15) is 0 Å². The quantitative estimate of drug-likeness (QED) is 0.235. The zero-order chi connectivity index (χ0) is 19.9. The molecule has 0 aliphatic carbocycles. The molecule has 3 heteroatoms. The van der Waals surface area contributed by atoms with Gasteiger partial charge in [0.1, 0.15) is 0 Å². The van der Waals surface area contributed by atoms with E-state index in [-0.39, 0.29) is 0 Å². The van der Waals surface area contributed by atoms with Crippen LogP contribution in [-0.2, 0) is 11.8 Å². The van der Waals surface area contributed by atoms with E-state index in [0.717, 1.165) is 22.0 Å². The molecule has 1 nitrogen and oxygen atoms in total. The summed E-state index contributed by atoms with van der Waals surface area (Å²) in [5.41, 5.74) is 5.57. The van der Waals surface area contributed by atoms with Crippen LogP contribution < -0.4 is 15.5 Å². The molecule has 29 heavy (non-hydrogen) atoms. The van der Waals surface area contributed by atoms with E-state index in [1.807, 2.05) is 77.7 Å².